The molecule has 0 amide bonds. The van der Waals surface area contributed by atoms with E-state index in [1.165, 1.54) is 38.9 Å². The number of rotatable bonds is 13. The van der Waals surface area contributed by atoms with Crippen LogP contribution in [0.3, 0.4) is 0 Å². The maximum atomic E-state index is 12.1. The Hall–Kier alpha value is -3.95. The van der Waals surface area contributed by atoms with Crippen LogP contribution in [0, 0.1) is 0 Å². The number of carbonyl (C=O) groups excluding carboxylic acids is 1. The summed E-state index contributed by atoms with van der Waals surface area (Å²) in [5.41, 5.74) is 8.71. The smallest absolute Gasteiger partial charge is 0.333 e. The highest BCUT2D eigenvalue weighted by Gasteiger charge is 2.33. The van der Waals surface area contributed by atoms with Gasteiger partial charge < -0.3 is 9.47 Å². The molecule has 4 rings (SSSR count). The molecular weight excluding hydrogens is 540 g/mol. The molecule has 4 aromatic rings. The Morgan fingerprint density at radius 1 is 0.682 bits per heavy atom. The minimum atomic E-state index is -0.608. The van der Waals surface area contributed by atoms with Crippen molar-refractivity contribution in [3.8, 4) is 0 Å². The third-order valence-electron chi connectivity index (χ3n) is 8.80. The average molecular weight is 589 g/mol. The molecule has 0 aliphatic rings. The normalized spacial score (nSPS) is 14.3. The summed E-state index contributed by atoms with van der Waals surface area (Å²) in [6.07, 6.45) is 0.327. The van der Waals surface area contributed by atoms with E-state index in [2.05, 4.69) is 144 Å². The van der Waals surface area contributed by atoms with Gasteiger partial charge in [-0.25, -0.2) is 4.79 Å². The highest BCUT2D eigenvalue weighted by molar-refractivity contribution is 5.87. The lowest BCUT2D eigenvalue weighted by Crippen LogP contribution is -2.29. The Bertz CT molecular complexity index is 1460. The molecule has 0 aliphatic heterocycles. The van der Waals surface area contributed by atoms with Gasteiger partial charge in [0, 0.05) is 29.7 Å². The van der Waals surface area contributed by atoms with Gasteiger partial charge in [0.1, 0.15) is 6.10 Å². The van der Waals surface area contributed by atoms with Crippen LogP contribution in [0.4, 0.5) is 0 Å². The molecule has 4 atom stereocenters. The zero-order valence-electron chi connectivity index (χ0n) is 27.5. The van der Waals surface area contributed by atoms with Crippen LogP contribution in [0.2, 0.25) is 0 Å². The molecule has 0 N–H and O–H groups in total. The van der Waals surface area contributed by atoms with Crippen molar-refractivity contribution in [2.45, 2.75) is 84.3 Å². The van der Waals surface area contributed by atoms with E-state index < -0.39 is 5.60 Å². The molecule has 0 heterocycles. The molecule has 0 saturated heterocycles. The summed E-state index contributed by atoms with van der Waals surface area (Å²) < 4.78 is 12.3. The Morgan fingerprint density at radius 2 is 1.09 bits per heavy atom. The second kappa shape index (κ2) is 14.7. The summed E-state index contributed by atoms with van der Waals surface area (Å²) in [7, 11) is 0. The highest BCUT2D eigenvalue weighted by Crippen LogP contribution is 2.44. The second-order valence-electron chi connectivity index (χ2n) is 12.6. The fourth-order valence-corrected chi connectivity index (χ4v) is 6.01. The lowest BCUT2D eigenvalue weighted by molar-refractivity contribution is -0.144. The van der Waals surface area contributed by atoms with Gasteiger partial charge in [-0.3, -0.25) is 0 Å². The maximum Gasteiger partial charge on any atom is 0.333 e. The minimum absolute atomic E-state index is 0.147. The van der Waals surface area contributed by atoms with Crippen molar-refractivity contribution < 1.29 is 14.3 Å². The Labute approximate surface area is 265 Å². The molecule has 0 spiro atoms. The molecule has 0 bridgehead atoms. The second-order valence-corrected chi connectivity index (χ2v) is 12.6. The molecule has 3 heteroatoms. The van der Waals surface area contributed by atoms with E-state index in [1.807, 2.05) is 6.92 Å². The summed E-state index contributed by atoms with van der Waals surface area (Å²) >= 11 is 0. The Kier molecular flexibility index (Phi) is 11.0. The van der Waals surface area contributed by atoms with E-state index in [1.54, 1.807) is 6.92 Å². The van der Waals surface area contributed by atoms with Crippen molar-refractivity contribution in [3.63, 3.8) is 0 Å². The van der Waals surface area contributed by atoms with Crippen molar-refractivity contribution in [1.82, 2.24) is 0 Å². The zero-order chi connectivity index (χ0) is 31.9. The van der Waals surface area contributed by atoms with E-state index in [0.717, 1.165) is 0 Å². The molecule has 0 radical (unpaired) electrons. The molecule has 0 aliphatic carbocycles. The lowest BCUT2D eigenvalue weighted by atomic mass is 9.74. The van der Waals surface area contributed by atoms with Gasteiger partial charge in [0.2, 0.25) is 0 Å². The number of hydrogen-bond donors (Lipinski definition) is 0. The van der Waals surface area contributed by atoms with E-state index >= 15 is 0 Å². The largest absolute Gasteiger partial charge is 0.459 e. The van der Waals surface area contributed by atoms with Crippen molar-refractivity contribution in [3.05, 3.63) is 154 Å². The van der Waals surface area contributed by atoms with Crippen molar-refractivity contribution in [2.75, 3.05) is 6.61 Å². The van der Waals surface area contributed by atoms with Crippen molar-refractivity contribution in [2.24, 2.45) is 0 Å². The number of benzene rings is 4. The van der Waals surface area contributed by atoms with Gasteiger partial charge in [0.05, 0.1) is 12.2 Å². The van der Waals surface area contributed by atoms with Crippen LogP contribution in [0.5, 0.6) is 0 Å². The number of hydrogen-bond acceptors (Lipinski definition) is 3. The van der Waals surface area contributed by atoms with Gasteiger partial charge in [-0.15, -0.1) is 0 Å². The summed E-state index contributed by atoms with van der Waals surface area (Å²) in [5.74, 6) is 0.155. The van der Waals surface area contributed by atoms with Gasteiger partial charge in [0.15, 0.2) is 0 Å². The van der Waals surface area contributed by atoms with E-state index in [0.29, 0.717) is 18.6 Å². The first kappa shape index (κ1) is 33.0. The van der Waals surface area contributed by atoms with Gasteiger partial charge in [-0.05, 0) is 66.6 Å². The van der Waals surface area contributed by atoms with Gasteiger partial charge in [-0.1, -0.05) is 130 Å². The molecular formula is C41H48O3. The Balaban J connectivity index is 1.84. The molecule has 0 fully saturated rings. The Morgan fingerprint density at radius 3 is 1.50 bits per heavy atom. The molecule has 230 valence electrons. The molecule has 44 heavy (non-hydrogen) atoms. The van der Waals surface area contributed by atoms with Gasteiger partial charge >= 0.3 is 5.97 Å². The van der Waals surface area contributed by atoms with Gasteiger partial charge in [0.25, 0.3) is 0 Å². The first-order valence-electron chi connectivity index (χ1n) is 15.8. The van der Waals surface area contributed by atoms with Crippen LogP contribution >= 0.6 is 0 Å². The zero-order valence-corrected chi connectivity index (χ0v) is 27.5. The third-order valence-corrected chi connectivity index (χ3v) is 8.80. The van der Waals surface area contributed by atoms with Crippen LogP contribution in [-0.2, 0) is 19.9 Å². The van der Waals surface area contributed by atoms with E-state index in [4.69, 9.17) is 9.47 Å². The summed E-state index contributed by atoms with van der Waals surface area (Å²) in [6.45, 7) is 19.0. The van der Waals surface area contributed by atoms with E-state index in [-0.39, 0.29) is 29.8 Å². The number of carbonyl (C=O) groups is 1. The number of esters is 1. The van der Waals surface area contributed by atoms with Crippen LogP contribution in [0.1, 0.15) is 112 Å². The molecule has 0 aromatic heterocycles. The SMILES string of the molecule is C=C(C)C(=O)OC(C)CCOC(C)(C)c1c(C(C)c2ccccc2)cc(C(C)c2ccccc2)cc1C(C)c1ccccc1. The minimum Gasteiger partial charge on any atom is -0.459 e. The van der Waals surface area contributed by atoms with Crippen molar-refractivity contribution >= 4 is 5.97 Å². The van der Waals surface area contributed by atoms with Crippen LogP contribution in [0.25, 0.3) is 0 Å². The van der Waals surface area contributed by atoms with Crippen molar-refractivity contribution in [1.29, 1.82) is 0 Å². The quantitative estimate of drug-likeness (QED) is 0.115. The molecule has 4 unspecified atom stereocenters. The maximum absolute atomic E-state index is 12.1. The summed E-state index contributed by atoms with van der Waals surface area (Å²) in [6, 6.07) is 37.0. The standard InChI is InChI=1S/C41H48O3/c1-28(2)40(42)44-29(3)24-25-43-41(7,8)39-37(31(5)34-20-14-10-15-21-34)26-36(30(4)33-18-12-9-13-19-33)27-38(39)32(6)35-22-16-11-17-23-35/h9-23,26-27,29-32H,1,24-25H2,2-8H3. The van der Waals surface area contributed by atoms with Crippen LogP contribution < -0.4 is 0 Å². The first-order valence-corrected chi connectivity index (χ1v) is 15.8. The van der Waals surface area contributed by atoms with Gasteiger partial charge in [-0.2, -0.15) is 0 Å². The lowest BCUT2D eigenvalue weighted by Gasteiger charge is -2.36. The summed E-state index contributed by atoms with van der Waals surface area (Å²) in [4.78, 5) is 12.1. The molecule has 3 nitrogen and oxygen atoms in total. The first-order chi connectivity index (χ1) is 21.0. The summed E-state index contributed by atoms with van der Waals surface area (Å²) in [5, 5.41) is 0. The average Bonchev–Trinajstić information content (AvgIpc) is 3.04. The molecule has 0 saturated carbocycles. The predicted octanol–water partition coefficient (Wildman–Crippen LogP) is 10.3. The highest BCUT2D eigenvalue weighted by atomic mass is 16.5. The van der Waals surface area contributed by atoms with E-state index in [9.17, 15) is 4.79 Å². The van der Waals surface area contributed by atoms with Crippen LogP contribution in [0.15, 0.2) is 115 Å². The van der Waals surface area contributed by atoms with Crippen LogP contribution in [-0.4, -0.2) is 18.7 Å². The predicted molar refractivity (Wildman–Crippen MR) is 182 cm³/mol. The molecule has 4 aromatic carbocycles. The fraction of sp³-hybridized carbons (Fsp3) is 0.341. The monoisotopic (exact) mass is 588 g/mol. The number of ether oxygens (including phenoxy) is 2. The fourth-order valence-electron chi connectivity index (χ4n) is 6.01. The topological polar surface area (TPSA) is 35.5 Å². The third kappa shape index (κ3) is 7.95.